The van der Waals surface area contributed by atoms with Gasteiger partial charge in [-0.1, -0.05) is 35.3 Å². The lowest BCUT2D eigenvalue weighted by Gasteiger charge is -2.12. The summed E-state index contributed by atoms with van der Waals surface area (Å²) >= 11 is 12.3. The molecule has 1 aliphatic rings. The van der Waals surface area contributed by atoms with Gasteiger partial charge in [-0.2, -0.15) is 10.8 Å². The average Bonchev–Trinajstić information content (AvgIpc) is 3.35. The summed E-state index contributed by atoms with van der Waals surface area (Å²) in [5.74, 6) is 0. The fraction of sp³-hybridized carbons (Fsp3) is 0.167. The summed E-state index contributed by atoms with van der Waals surface area (Å²) in [7, 11) is 0. The summed E-state index contributed by atoms with van der Waals surface area (Å²) in [6.07, 6.45) is 5.35. The predicted octanol–water partition coefficient (Wildman–Crippen LogP) is 2.85. The number of nitriles is 1. The van der Waals surface area contributed by atoms with Crippen LogP contribution < -0.4 is 16.4 Å². The van der Waals surface area contributed by atoms with Crippen LogP contribution in [0.3, 0.4) is 0 Å². The van der Waals surface area contributed by atoms with Gasteiger partial charge in [-0.05, 0) is 29.3 Å². The molecule has 0 aliphatic carbocycles. The lowest BCUT2D eigenvalue weighted by Crippen LogP contribution is -2.32. The van der Waals surface area contributed by atoms with Crippen LogP contribution >= 0.6 is 23.2 Å². The third-order valence-corrected chi connectivity index (χ3v) is 5.21. The Morgan fingerprint density at radius 3 is 2.89 bits per heavy atom. The molecule has 0 radical (unpaired) electrons. The normalized spacial score (nSPS) is 19.1. The predicted molar refractivity (Wildman–Crippen MR) is 103 cm³/mol. The molecule has 2 aromatic heterocycles. The molecule has 0 saturated carbocycles. The molecule has 2 atom stereocenters. The first-order valence-electron chi connectivity index (χ1n) is 8.22. The largest absolute Gasteiger partial charge is 0.332 e. The third kappa shape index (κ3) is 3.67. The number of benzene rings is 1. The quantitative estimate of drug-likeness (QED) is 0.624. The Labute approximate surface area is 165 Å². The minimum atomic E-state index is -0.372. The summed E-state index contributed by atoms with van der Waals surface area (Å²) in [4.78, 5) is 8.86. The summed E-state index contributed by atoms with van der Waals surface area (Å²) in [6, 6.07) is 11.0. The molecule has 136 valence electrons. The van der Waals surface area contributed by atoms with Gasteiger partial charge in [0.2, 0.25) is 0 Å². The molecule has 3 heterocycles. The number of aromatic nitrogens is 3. The number of hydrazine groups is 2. The van der Waals surface area contributed by atoms with Crippen molar-refractivity contribution in [3.8, 4) is 17.5 Å². The Bertz CT molecular complexity index is 1010. The summed E-state index contributed by atoms with van der Waals surface area (Å²) in [6.45, 7) is 0.556. The van der Waals surface area contributed by atoms with Crippen LogP contribution in [0.2, 0.25) is 10.0 Å². The second-order valence-electron chi connectivity index (χ2n) is 6.12. The number of rotatable bonds is 4. The molecule has 1 saturated heterocycles. The molecule has 9 heteroatoms. The lowest BCUT2D eigenvalue weighted by molar-refractivity contribution is 0.555. The van der Waals surface area contributed by atoms with E-state index in [4.69, 9.17) is 23.2 Å². The molecule has 7 nitrogen and oxygen atoms in total. The molecule has 0 bridgehead atoms. The molecular formula is C18H15Cl2N7. The highest BCUT2D eigenvalue weighted by Crippen LogP contribution is 2.27. The second-order valence-corrected chi connectivity index (χ2v) is 6.90. The van der Waals surface area contributed by atoms with E-state index in [9.17, 15) is 5.26 Å². The van der Waals surface area contributed by atoms with Crippen LogP contribution in [0.15, 0.2) is 49.1 Å². The van der Waals surface area contributed by atoms with Crippen LogP contribution in [0.25, 0.3) is 11.4 Å². The van der Waals surface area contributed by atoms with Crippen LogP contribution in [0.1, 0.15) is 17.2 Å². The molecule has 1 fully saturated rings. The number of halogens is 2. The molecule has 1 aromatic carbocycles. The molecular weight excluding hydrogens is 385 g/mol. The maximum absolute atomic E-state index is 9.23. The lowest BCUT2D eigenvalue weighted by atomic mass is 10.0. The summed E-state index contributed by atoms with van der Waals surface area (Å²) in [5.41, 5.74) is 12.0. The first-order valence-corrected chi connectivity index (χ1v) is 8.98. The molecule has 2 unspecified atom stereocenters. The van der Waals surface area contributed by atoms with Crippen molar-refractivity contribution < 1.29 is 0 Å². The zero-order valence-electron chi connectivity index (χ0n) is 14.0. The maximum atomic E-state index is 9.23. The van der Waals surface area contributed by atoms with Gasteiger partial charge in [0.25, 0.3) is 0 Å². The molecule has 27 heavy (non-hydrogen) atoms. The highest BCUT2D eigenvalue weighted by atomic mass is 35.5. The number of hydrogen-bond donors (Lipinski definition) is 3. The Balaban J connectivity index is 1.58. The van der Waals surface area contributed by atoms with E-state index in [0.29, 0.717) is 16.6 Å². The fourth-order valence-corrected chi connectivity index (χ4v) is 3.35. The van der Waals surface area contributed by atoms with Gasteiger partial charge in [0.15, 0.2) is 0 Å². The monoisotopic (exact) mass is 399 g/mol. The highest BCUT2D eigenvalue weighted by Gasteiger charge is 2.28. The molecule has 1 aliphatic heterocycles. The van der Waals surface area contributed by atoms with Crippen molar-refractivity contribution in [1.82, 2.24) is 30.9 Å². The topological polar surface area (TPSA) is 90.6 Å². The van der Waals surface area contributed by atoms with Crippen molar-refractivity contribution in [3.05, 3.63) is 70.2 Å². The highest BCUT2D eigenvalue weighted by molar-refractivity contribution is 6.42. The van der Waals surface area contributed by atoms with E-state index >= 15 is 0 Å². The van der Waals surface area contributed by atoms with E-state index in [1.165, 1.54) is 0 Å². The minimum Gasteiger partial charge on any atom is -0.332 e. The van der Waals surface area contributed by atoms with Gasteiger partial charge in [0, 0.05) is 12.4 Å². The first-order chi connectivity index (χ1) is 13.2. The SMILES string of the molecule is N#CC1NNNC1c1ccnc(-c2cn(Cc3cccc(Cl)c3Cl)cn2)c1. The number of hydrogen-bond acceptors (Lipinski definition) is 6. The van der Waals surface area contributed by atoms with Crippen molar-refractivity contribution in [1.29, 1.82) is 5.26 Å². The number of nitrogens with zero attached hydrogens (tertiary/aromatic N) is 4. The smallest absolute Gasteiger partial charge is 0.130 e. The van der Waals surface area contributed by atoms with Gasteiger partial charge in [0.1, 0.15) is 11.7 Å². The van der Waals surface area contributed by atoms with Gasteiger partial charge in [0.05, 0.1) is 40.7 Å². The van der Waals surface area contributed by atoms with Gasteiger partial charge in [-0.15, -0.1) is 0 Å². The molecule has 3 aromatic rings. The van der Waals surface area contributed by atoms with Gasteiger partial charge < -0.3 is 4.57 Å². The van der Waals surface area contributed by atoms with E-state index < -0.39 is 0 Å². The Hall–Kier alpha value is -2.47. The van der Waals surface area contributed by atoms with E-state index in [1.54, 1.807) is 18.6 Å². The van der Waals surface area contributed by atoms with Crippen molar-refractivity contribution in [2.24, 2.45) is 0 Å². The molecule has 0 spiro atoms. The van der Waals surface area contributed by atoms with Crippen LogP contribution in [-0.2, 0) is 6.54 Å². The van der Waals surface area contributed by atoms with E-state index in [2.05, 4.69) is 32.4 Å². The van der Waals surface area contributed by atoms with Crippen LogP contribution in [0.5, 0.6) is 0 Å². The number of pyridine rings is 1. The van der Waals surface area contributed by atoms with Gasteiger partial charge in [-0.25, -0.2) is 15.8 Å². The number of imidazole rings is 1. The minimum absolute atomic E-state index is 0.177. The molecule has 0 amide bonds. The molecule has 4 rings (SSSR count). The van der Waals surface area contributed by atoms with Crippen LogP contribution in [0, 0.1) is 11.3 Å². The van der Waals surface area contributed by atoms with Crippen molar-refractivity contribution in [3.63, 3.8) is 0 Å². The van der Waals surface area contributed by atoms with Crippen molar-refractivity contribution in [2.45, 2.75) is 18.6 Å². The first kappa shape index (κ1) is 17.9. The zero-order valence-corrected chi connectivity index (χ0v) is 15.5. The van der Waals surface area contributed by atoms with E-state index in [-0.39, 0.29) is 12.1 Å². The maximum Gasteiger partial charge on any atom is 0.130 e. The average molecular weight is 400 g/mol. The number of nitrogens with one attached hydrogen (secondary N) is 3. The van der Waals surface area contributed by atoms with Gasteiger partial charge in [-0.3, -0.25) is 4.98 Å². The third-order valence-electron chi connectivity index (χ3n) is 4.35. The standard InChI is InChI=1S/C18H15Cl2N7/c19-13-3-1-2-12(17(13)20)8-27-9-16(23-10-27)14-6-11(4-5-22-14)18-15(7-21)24-26-25-18/h1-6,9-10,15,18,24-26H,8H2. The van der Waals surface area contributed by atoms with Crippen LogP contribution in [0.4, 0.5) is 0 Å². The zero-order chi connectivity index (χ0) is 18.8. The van der Waals surface area contributed by atoms with Crippen molar-refractivity contribution >= 4 is 23.2 Å². The van der Waals surface area contributed by atoms with Crippen LogP contribution in [-0.4, -0.2) is 20.6 Å². The fourth-order valence-electron chi connectivity index (χ4n) is 2.97. The Kier molecular flexibility index (Phi) is 5.07. The summed E-state index contributed by atoms with van der Waals surface area (Å²) in [5, 5.41) is 10.3. The molecule has 3 N–H and O–H groups in total. The Morgan fingerprint density at radius 1 is 1.15 bits per heavy atom. The van der Waals surface area contributed by atoms with E-state index in [1.807, 2.05) is 35.0 Å². The Morgan fingerprint density at radius 2 is 2.04 bits per heavy atom. The van der Waals surface area contributed by atoms with E-state index in [0.717, 1.165) is 22.5 Å². The second kappa shape index (κ2) is 7.64. The summed E-state index contributed by atoms with van der Waals surface area (Å²) < 4.78 is 1.93. The van der Waals surface area contributed by atoms with Crippen molar-refractivity contribution in [2.75, 3.05) is 0 Å². The van der Waals surface area contributed by atoms with Gasteiger partial charge >= 0.3 is 0 Å².